The van der Waals surface area contributed by atoms with E-state index in [4.69, 9.17) is 4.74 Å². The highest BCUT2D eigenvalue weighted by atomic mass is 32.1. The maximum Gasteiger partial charge on any atom is 0.313 e. The predicted octanol–water partition coefficient (Wildman–Crippen LogP) is 2.71. The standard InChI is InChI=1S/C12H16O2.H2S/c1-9(2)11(12(13)14-3)10-7-5-4-6-8-10;/h4-9,11H,1-3H3;1H2/t11-;/m0./s1. The molecule has 1 rings (SSSR count). The molecule has 0 fully saturated rings. The van der Waals surface area contributed by atoms with E-state index < -0.39 is 0 Å². The first-order chi connectivity index (χ1) is 6.66. The number of benzene rings is 1. The highest BCUT2D eigenvalue weighted by Gasteiger charge is 2.24. The van der Waals surface area contributed by atoms with Crippen LogP contribution >= 0.6 is 13.5 Å². The van der Waals surface area contributed by atoms with Crippen LogP contribution in [0.3, 0.4) is 0 Å². The summed E-state index contributed by atoms with van der Waals surface area (Å²) < 4.78 is 4.79. The third-order valence-electron chi connectivity index (χ3n) is 2.28. The van der Waals surface area contributed by atoms with Crippen LogP contribution < -0.4 is 0 Å². The Kier molecular flexibility index (Phi) is 6.09. The van der Waals surface area contributed by atoms with E-state index in [-0.39, 0.29) is 31.3 Å². The zero-order valence-electron chi connectivity index (χ0n) is 9.36. The van der Waals surface area contributed by atoms with Crippen molar-refractivity contribution in [3.63, 3.8) is 0 Å². The summed E-state index contributed by atoms with van der Waals surface area (Å²) in [4.78, 5) is 11.5. The Hall–Kier alpha value is -0.960. The van der Waals surface area contributed by atoms with Gasteiger partial charge in [0.25, 0.3) is 0 Å². The van der Waals surface area contributed by atoms with E-state index in [1.807, 2.05) is 44.2 Å². The Morgan fingerprint density at radius 3 is 2.13 bits per heavy atom. The molecule has 1 aromatic carbocycles. The number of carbonyl (C=O) groups excluding carboxylic acids is 1. The molecule has 15 heavy (non-hydrogen) atoms. The molecule has 0 unspecified atom stereocenters. The van der Waals surface area contributed by atoms with E-state index in [0.717, 1.165) is 5.56 Å². The third kappa shape index (κ3) is 3.59. The van der Waals surface area contributed by atoms with Crippen LogP contribution in [0.25, 0.3) is 0 Å². The van der Waals surface area contributed by atoms with Gasteiger partial charge in [0.2, 0.25) is 0 Å². The summed E-state index contributed by atoms with van der Waals surface area (Å²) in [6.45, 7) is 4.04. The van der Waals surface area contributed by atoms with Crippen molar-refractivity contribution >= 4 is 19.5 Å². The minimum atomic E-state index is -0.161. The van der Waals surface area contributed by atoms with Crippen LogP contribution in [0.2, 0.25) is 0 Å². The highest BCUT2D eigenvalue weighted by Crippen LogP contribution is 2.25. The molecule has 0 aliphatic heterocycles. The SMILES string of the molecule is COC(=O)[C@H](c1ccccc1)C(C)C.S. The first-order valence-electron chi connectivity index (χ1n) is 4.79. The largest absolute Gasteiger partial charge is 0.469 e. The van der Waals surface area contributed by atoms with E-state index in [2.05, 4.69) is 0 Å². The molecule has 0 spiro atoms. The summed E-state index contributed by atoms with van der Waals surface area (Å²) in [5, 5.41) is 0. The minimum Gasteiger partial charge on any atom is -0.469 e. The molecule has 0 saturated carbocycles. The monoisotopic (exact) mass is 226 g/mol. The molecule has 0 N–H and O–H groups in total. The zero-order valence-corrected chi connectivity index (χ0v) is 10.4. The van der Waals surface area contributed by atoms with Crippen LogP contribution in [0.15, 0.2) is 30.3 Å². The minimum absolute atomic E-state index is 0. The van der Waals surface area contributed by atoms with Crippen LogP contribution in [0.5, 0.6) is 0 Å². The summed E-state index contributed by atoms with van der Waals surface area (Å²) in [5.74, 6) is -0.0581. The van der Waals surface area contributed by atoms with Crippen molar-refractivity contribution in [2.24, 2.45) is 5.92 Å². The lowest BCUT2D eigenvalue weighted by atomic mass is 9.89. The van der Waals surface area contributed by atoms with E-state index >= 15 is 0 Å². The number of methoxy groups -OCH3 is 1. The second-order valence-electron chi connectivity index (χ2n) is 3.66. The van der Waals surface area contributed by atoms with Crippen LogP contribution in [-0.4, -0.2) is 13.1 Å². The average molecular weight is 226 g/mol. The predicted molar refractivity (Wildman–Crippen MR) is 66.4 cm³/mol. The maximum atomic E-state index is 11.5. The second-order valence-corrected chi connectivity index (χ2v) is 3.66. The van der Waals surface area contributed by atoms with Gasteiger partial charge in [-0.15, -0.1) is 0 Å². The van der Waals surface area contributed by atoms with Gasteiger partial charge in [0.05, 0.1) is 13.0 Å². The van der Waals surface area contributed by atoms with Crippen molar-refractivity contribution in [2.45, 2.75) is 19.8 Å². The van der Waals surface area contributed by atoms with Gasteiger partial charge in [0.1, 0.15) is 0 Å². The summed E-state index contributed by atoms with van der Waals surface area (Å²) in [7, 11) is 1.43. The molecular weight excluding hydrogens is 208 g/mol. The van der Waals surface area contributed by atoms with E-state index in [1.54, 1.807) is 0 Å². The van der Waals surface area contributed by atoms with E-state index in [0.29, 0.717) is 0 Å². The zero-order chi connectivity index (χ0) is 10.6. The number of rotatable bonds is 3. The van der Waals surface area contributed by atoms with Crippen molar-refractivity contribution in [3.05, 3.63) is 35.9 Å². The molecule has 84 valence electrons. The molecule has 2 nitrogen and oxygen atoms in total. The Labute approximate surface area is 98.1 Å². The van der Waals surface area contributed by atoms with Gasteiger partial charge in [-0.05, 0) is 11.5 Å². The molecule has 3 heteroatoms. The molecule has 0 saturated heterocycles. The van der Waals surface area contributed by atoms with Crippen molar-refractivity contribution < 1.29 is 9.53 Å². The molecule has 0 aliphatic rings. The highest BCUT2D eigenvalue weighted by molar-refractivity contribution is 7.59. The Bertz CT molecular complexity index is 296. The normalized spacial score (nSPS) is 11.7. The smallest absolute Gasteiger partial charge is 0.313 e. The lowest BCUT2D eigenvalue weighted by Gasteiger charge is -2.18. The number of hydrogen-bond donors (Lipinski definition) is 0. The Balaban J connectivity index is 0.00000196. The van der Waals surface area contributed by atoms with Gasteiger partial charge in [-0.3, -0.25) is 4.79 Å². The van der Waals surface area contributed by atoms with Gasteiger partial charge >= 0.3 is 5.97 Å². The number of carbonyl (C=O) groups is 1. The fourth-order valence-corrected chi connectivity index (χ4v) is 1.58. The maximum absolute atomic E-state index is 11.5. The summed E-state index contributed by atoms with van der Waals surface area (Å²) in [6.07, 6.45) is 0. The topological polar surface area (TPSA) is 26.3 Å². The number of hydrogen-bond acceptors (Lipinski definition) is 2. The fourth-order valence-electron chi connectivity index (χ4n) is 1.58. The quantitative estimate of drug-likeness (QED) is 0.741. The molecule has 0 amide bonds. The molecule has 0 bridgehead atoms. The van der Waals surface area contributed by atoms with Crippen LogP contribution in [0.4, 0.5) is 0 Å². The van der Waals surface area contributed by atoms with Gasteiger partial charge in [-0.25, -0.2) is 0 Å². The van der Waals surface area contributed by atoms with Gasteiger partial charge in [0.15, 0.2) is 0 Å². The first-order valence-corrected chi connectivity index (χ1v) is 4.79. The van der Waals surface area contributed by atoms with E-state index in [9.17, 15) is 4.79 Å². The van der Waals surface area contributed by atoms with Gasteiger partial charge in [-0.1, -0.05) is 44.2 Å². The average Bonchev–Trinajstić information content (AvgIpc) is 2.19. The van der Waals surface area contributed by atoms with Gasteiger partial charge in [0, 0.05) is 0 Å². The number of ether oxygens (including phenoxy) is 1. The second kappa shape index (κ2) is 6.51. The third-order valence-corrected chi connectivity index (χ3v) is 2.28. The van der Waals surface area contributed by atoms with Crippen LogP contribution in [0.1, 0.15) is 25.3 Å². The van der Waals surface area contributed by atoms with Crippen molar-refractivity contribution in [1.29, 1.82) is 0 Å². The first kappa shape index (κ1) is 14.0. The summed E-state index contributed by atoms with van der Waals surface area (Å²) in [5.41, 5.74) is 1.02. The van der Waals surface area contributed by atoms with Crippen LogP contribution in [-0.2, 0) is 9.53 Å². The Morgan fingerprint density at radius 2 is 1.73 bits per heavy atom. The Morgan fingerprint density at radius 1 is 1.20 bits per heavy atom. The molecule has 0 heterocycles. The van der Waals surface area contributed by atoms with Crippen molar-refractivity contribution in [2.75, 3.05) is 7.11 Å². The van der Waals surface area contributed by atoms with Crippen LogP contribution in [0, 0.1) is 5.92 Å². The van der Waals surface area contributed by atoms with Gasteiger partial charge < -0.3 is 4.74 Å². The number of esters is 1. The molecule has 0 aliphatic carbocycles. The van der Waals surface area contributed by atoms with Gasteiger partial charge in [-0.2, -0.15) is 13.5 Å². The molecule has 1 aromatic rings. The lowest BCUT2D eigenvalue weighted by Crippen LogP contribution is -2.19. The van der Waals surface area contributed by atoms with Crippen molar-refractivity contribution in [1.82, 2.24) is 0 Å². The lowest BCUT2D eigenvalue weighted by molar-refractivity contribution is -0.143. The van der Waals surface area contributed by atoms with Crippen molar-refractivity contribution in [3.8, 4) is 0 Å². The molecule has 0 aromatic heterocycles. The molecule has 1 atom stereocenters. The fraction of sp³-hybridized carbons (Fsp3) is 0.417. The molecule has 0 radical (unpaired) electrons. The molecular formula is C12H18O2S. The summed E-state index contributed by atoms with van der Waals surface area (Å²) in [6, 6.07) is 9.74. The van der Waals surface area contributed by atoms with E-state index in [1.165, 1.54) is 7.11 Å². The summed E-state index contributed by atoms with van der Waals surface area (Å²) >= 11 is 0.